The topological polar surface area (TPSA) is 83.9 Å². The highest BCUT2D eigenvalue weighted by atomic mass is 16.5. The van der Waals surface area contributed by atoms with E-state index in [1.54, 1.807) is 0 Å². The van der Waals surface area contributed by atoms with E-state index in [9.17, 15) is 14.4 Å². The number of carboxylic acids is 1. The number of carboxylic acid groups (broad SMARTS) is 1. The molecular weight excluding hydrogens is 226 g/mol. The Labute approximate surface area is 97.5 Å². The zero-order valence-electron chi connectivity index (χ0n) is 9.17. The van der Waals surface area contributed by atoms with Gasteiger partial charge in [0.25, 0.3) is 0 Å². The molecule has 0 radical (unpaired) electrons. The van der Waals surface area contributed by atoms with E-state index in [1.165, 1.54) is 4.90 Å². The summed E-state index contributed by atoms with van der Waals surface area (Å²) in [5, 5.41) is 8.77. The van der Waals surface area contributed by atoms with E-state index < -0.39 is 12.1 Å². The molecule has 0 bridgehead atoms. The van der Waals surface area contributed by atoms with Gasteiger partial charge in [0.05, 0.1) is 24.5 Å². The third kappa shape index (κ3) is 1.63. The van der Waals surface area contributed by atoms with Crippen LogP contribution in [0.25, 0.3) is 0 Å². The fourth-order valence-corrected chi connectivity index (χ4v) is 2.66. The zero-order valence-corrected chi connectivity index (χ0v) is 9.17. The molecule has 1 N–H and O–H groups in total. The van der Waals surface area contributed by atoms with E-state index in [0.29, 0.717) is 19.3 Å². The maximum atomic E-state index is 11.7. The molecule has 1 saturated carbocycles. The van der Waals surface area contributed by atoms with E-state index >= 15 is 0 Å². The number of hydrogen-bond donors (Lipinski definition) is 1. The van der Waals surface area contributed by atoms with Crippen LogP contribution in [0, 0.1) is 11.8 Å². The molecule has 0 aromatic carbocycles. The van der Waals surface area contributed by atoms with Gasteiger partial charge >= 0.3 is 5.97 Å². The van der Waals surface area contributed by atoms with Crippen molar-refractivity contribution in [3.05, 3.63) is 0 Å². The Morgan fingerprint density at radius 3 is 2.47 bits per heavy atom. The second-order valence-corrected chi connectivity index (χ2v) is 4.90. The first kappa shape index (κ1) is 10.7. The molecule has 2 amide bonds. The van der Waals surface area contributed by atoms with Crippen molar-refractivity contribution in [1.82, 2.24) is 4.90 Å². The number of amides is 2. The van der Waals surface area contributed by atoms with Crippen molar-refractivity contribution >= 4 is 17.8 Å². The van der Waals surface area contributed by atoms with Crippen molar-refractivity contribution in [3.63, 3.8) is 0 Å². The Morgan fingerprint density at radius 2 is 1.94 bits per heavy atom. The monoisotopic (exact) mass is 239 g/mol. The van der Waals surface area contributed by atoms with Gasteiger partial charge in [-0.25, -0.2) is 4.79 Å². The summed E-state index contributed by atoms with van der Waals surface area (Å²) >= 11 is 0. The number of carbonyl (C=O) groups is 3. The molecule has 3 fully saturated rings. The molecule has 4 unspecified atom stereocenters. The van der Waals surface area contributed by atoms with Crippen molar-refractivity contribution in [3.8, 4) is 0 Å². The highest BCUT2D eigenvalue weighted by molar-refractivity contribution is 6.08. The lowest BCUT2D eigenvalue weighted by Gasteiger charge is -2.20. The maximum absolute atomic E-state index is 11.7. The van der Waals surface area contributed by atoms with Gasteiger partial charge in [0.1, 0.15) is 0 Å². The first-order valence-electron chi connectivity index (χ1n) is 5.81. The second kappa shape index (κ2) is 3.53. The second-order valence-electron chi connectivity index (χ2n) is 4.90. The van der Waals surface area contributed by atoms with E-state index in [1.807, 2.05) is 0 Å². The van der Waals surface area contributed by atoms with Crippen LogP contribution in [0.2, 0.25) is 0 Å². The van der Waals surface area contributed by atoms with E-state index in [2.05, 4.69) is 0 Å². The van der Waals surface area contributed by atoms with Crippen molar-refractivity contribution in [1.29, 1.82) is 0 Å². The van der Waals surface area contributed by atoms with Crippen LogP contribution in [0.4, 0.5) is 0 Å². The summed E-state index contributed by atoms with van der Waals surface area (Å²) in [7, 11) is 0. The fraction of sp³-hybridized carbons (Fsp3) is 0.727. The van der Waals surface area contributed by atoms with Gasteiger partial charge in [0.2, 0.25) is 11.8 Å². The molecule has 0 aromatic heterocycles. The number of hydrogen-bond acceptors (Lipinski definition) is 4. The van der Waals surface area contributed by atoms with Gasteiger partial charge in [-0.05, 0) is 19.3 Å². The number of rotatable bonds is 3. The van der Waals surface area contributed by atoms with Gasteiger partial charge in [-0.15, -0.1) is 0 Å². The molecular formula is C11H13NO5. The third-order valence-corrected chi connectivity index (χ3v) is 3.73. The average Bonchev–Trinajstić information content (AvgIpc) is 2.88. The van der Waals surface area contributed by atoms with Crippen LogP contribution in [0.5, 0.6) is 0 Å². The Morgan fingerprint density at radius 1 is 1.29 bits per heavy atom. The summed E-state index contributed by atoms with van der Waals surface area (Å²) in [5.74, 6) is -1.39. The number of carbonyl (C=O) groups excluding carboxylic acids is 2. The van der Waals surface area contributed by atoms with Crippen LogP contribution in [0.3, 0.4) is 0 Å². The molecule has 1 aliphatic carbocycles. The number of ether oxygens (including phenoxy) is 1. The number of aliphatic carboxylic acids is 1. The molecule has 4 atom stereocenters. The number of imide groups is 1. The zero-order chi connectivity index (χ0) is 12.2. The van der Waals surface area contributed by atoms with Gasteiger partial charge < -0.3 is 9.84 Å². The van der Waals surface area contributed by atoms with Crippen LogP contribution in [0.1, 0.15) is 19.3 Å². The van der Waals surface area contributed by atoms with Gasteiger partial charge in [-0.3, -0.25) is 14.5 Å². The molecule has 92 valence electrons. The minimum atomic E-state index is -0.977. The summed E-state index contributed by atoms with van der Waals surface area (Å²) in [4.78, 5) is 35.3. The van der Waals surface area contributed by atoms with Crippen LogP contribution in [0.15, 0.2) is 0 Å². The predicted molar refractivity (Wildman–Crippen MR) is 53.8 cm³/mol. The predicted octanol–water partition coefficient (Wildman–Crippen LogP) is -0.377. The van der Waals surface area contributed by atoms with Crippen LogP contribution in [-0.2, 0) is 19.1 Å². The number of likely N-dealkylation sites (tertiary alicyclic amines) is 1. The lowest BCUT2D eigenvalue weighted by molar-refractivity contribution is -0.150. The molecule has 2 heterocycles. The van der Waals surface area contributed by atoms with Crippen molar-refractivity contribution in [2.75, 3.05) is 6.54 Å². The minimum Gasteiger partial charge on any atom is -0.479 e. The molecule has 0 aromatic rings. The van der Waals surface area contributed by atoms with E-state index in [4.69, 9.17) is 9.84 Å². The largest absolute Gasteiger partial charge is 0.479 e. The first-order chi connectivity index (χ1) is 8.08. The minimum absolute atomic E-state index is 0.0980. The molecule has 0 spiro atoms. The van der Waals surface area contributed by atoms with E-state index in [-0.39, 0.29) is 36.3 Å². The Kier molecular flexibility index (Phi) is 2.22. The summed E-state index contributed by atoms with van der Waals surface area (Å²) in [6.45, 7) is 0.217. The Bertz CT molecular complexity index is 387. The van der Waals surface area contributed by atoms with Gasteiger partial charge in [-0.1, -0.05) is 0 Å². The van der Waals surface area contributed by atoms with Gasteiger partial charge in [0.15, 0.2) is 6.10 Å². The SMILES string of the molecule is O=C(O)C1CCC(CN2C(=O)C3CC3C2=O)O1. The molecule has 2 saturated heterocycles. The standard InChI is InChI=1S/C11H13NO5/c13-9-6-3-7(6)10(14)12(9)4-5-1-2-8(17-5)11(15)16/h5-8H,1-4H2,(H,15,16). The molecule has 2 aliphatic heterocycles. The summed E-state index contributed by atoms with van der Waals surface area (Å²) in [5.41, 5.74) is 0. The fourth-order valence-electron chi connectivity index (χ4n) is 2.66. The van der Waals surface area contributed by atoms with Crippen molar-refractivity contribution in [2.45, 2.75) is 31.5 Å². The van der Waals surface area contributed by atoms with E-state index in [0.717, 1.165) is 0 Å². The number of fused-ring (bicyclic) bond motifs is 1. The molecule has 6 nitrogen and oxygen atoms in total. The van der Waals surface area contributed by atoms with Crippen molar-refractivity contribution in [2.24, 2.45) is 11.8 Å². The number of piperidine rings is 1. The average molecular weight is 239 g/mol. The maximum Gasteiger partial charge on any atom is 0.332 e. The molecule has 17 heavy (non-hydrogen) atoms. The molecule has 6 heteroatoms. The third-order valence-electron chi connectivity index (χ3n) is 3.73. The summed E-state index contributed by atoms with van der Waals surface area (Å²) in [6, 6.07) is 0. The number of nitrogens with zero attached hydrogens (tertiary/aromatic N) is 1. The van der Waals surface area contributed by atoms with Crippen molar-refractivity contribution < 1.29 is 24.2 Å². The van der Waals surface area contributed by atoms with Crippen LogP contribution in [-0.4, -0.2) is 46.5 Å². The molecule has 3 rings (SSSR count). The Balaban J connectivity index is 1.60. The molecule has 3 aliphatic rings. The first-order valence-corrected chi connectivity index (χ1v) is 5.81. The normalized spacial score (nSPS) is 39.6. The van der Waals surface area contributed by atoms with Gasteiger partial charge in [-0.2, -0.15) is 0 Å². The highest BCUT2D eigenvalue weighted by Crippen LogP contribution is 2.47. The van der Waals surface area contributed by atoms with Gasteiger partial charge in [0, 0.05) is 0 Å². The lowest BCUT2D eigenvalue weighted by atomic mass is 10.2. The smallest absolute Gasteiger partial charge is 0.332 e. The summed E-state index contributed by atoms with van der Waals surface area (Å²) in [6.07, 6.45) is 0.619. The Hall–Kier alpha value is -1.43. The lowest BCUT2D eigenvalue weighted by Crippen LogP contribution is -2.39. The summed E-state index contributed by atoms with van der Waals surface area (Å²) < 4.78 is 5.29. The highest BCUT2D eigenvalue weighted by Gasteiger charge is 2.59. The van der Waals surface area contributed by atoms with Crippen LogP contribution >= 0.6 is 0 Å². The van der Waals surface area contributed by atoms with Crippen LogP contribution < -0.4 is 0 Å². The quantitative estimate of drug-likeness (QED) is 0.679.